The maximum Gasteiger partial charge on any atom is 0.354 e. The fourth-order valence-electron chi connectivity index (χ4n) is 3.26. The number of ether oxygens (including phenoxy) is 1. The molecule has 10 nitrogen and oxygen atoms in total. The lowest BCUT2D eigenvalue weighted by Gasteiger charge is -2.31. The number of carboxylic acid groups (broad SMARTS) is 1. The number of hydrogen-bond acceptors (Lipinski definition) is 9. The first-order valence-corrected chi connectivity index (χ1v) is 9.84. The smallest absolute Gasteiger partial charge is 0.354 e. The highest BCUT2D eigenvalue weighted by Crippen LogP contribution is 2.24. The highest BCUT2D eigenvalue weighted by atomic mass is 16.5. The van der Waals surface area contributed by atoms with Gasteiger partial charge in [0.2, 0.25) is 5.95 Å². The third-order valence-electron chi connectivity index (χ3n) is 4.79. The van der Waals surface area contributed by atoms with E-state index in [2.05, 4.69) is 30.5 Å². The van der Waals surface area contributed by atoms with Crippen molar-refractivity contribution in [3.05, 3.63) is 30.1 Å². The Morgan fingerprint density at radius 1 is 1.30 bits per heavy atom. The summed E-state index contributed by atoms with van der Waals surface area (Å²) < 4.78 is 5.41. The Morgan fingerprint density at radius 3 is 2.67 bits per heavy atom. The van der Waals surface area contributed by atoms with Crippen molar-refractivity contribution >= 4 is 35.0 Å². The molecule has 2 aromatic heterocycles. The Kier molecular flexibility index (Phi) is 6.78. The molecule has 0 spiro atoms. The third-order valence-corrected chi connectivity index (χ3v) is 4.79. The summed E-state index contributed by atoms with van der Waals surface area (Å²) >= 11 is 0. The molecule has 0 atom stereocenters. The van der Waals surface area contributed by atoms with Crippen LogP contribution in [0.15, 0.2) is 24.5 Å². The summed E-state index contributed by atoms with van der Waals surface area (Å²) in [5, 5.41) is 23.3. The number of hydrogen-bond donors (Lipinski definition) is 4. The molecular weight excluding hydrogens is 386 g/mol. The van der Waals surface area contributed by atoms with Crippen LogP contribution in [0.3, 0.4) is 0 Å². The zero-order valence-electron chi connectivity index (χ0n) is 17.3. The third kappa shape index (κ3) is 5.20. The molecule has 0 aromatic carbocycles. The van der Waals surface area contributed by atoms with Gasteiger partial charge in [-0.3, -0.25) is 5.41 Å². The summed E-state index contributed by atoms with van der Waals surface area (Å²) in [5.41, 5.74) is 0.234. The first kappa shape index (κ1) is 21.4. The SMILES string of the molecule is COC1CCN(c2nccc(Nc3cc(NC(C)C)c(C(=N)C(=O)O)cn3)n2)CC1. The Balaban J connectivity index is 1.79. The topological polar surface area (TPSA) is 136 Å². The zero-order chi connectivity index (χ0) is 21.7. The molecule has 1 saturated heterocycles. The van der Waals surface area contributed by atoms with E-state index >= 15 is 0 Å². The number of pyridine rings is 1. The van der Waals surface area contributed by atoms with Crippen molar-refractivity contribution in [2.24, 2.45) is 0 Å². The molecule has 1 aliphatic rings. The van der Waals surface area contributed by atoms with Crippen molar-refractivity contribution in [2.75, 3.05) is 35.7 Å². The van der Waals surface area contributed by atoms with E-state index in [1.54, 1.807) is 25.4 Å². The number of methoxy groups -OCH3 is 1. The van der Waals surface area contributed by atoms with Gasteiger partial charge in [-0.25, -0.2) is 14.8 Å². The van der Waals surface area contributed by atoms with Gasteiger partial charge in [0.25, 0.3) is 0 Å². The minimum atomic E-state index is -1.30. The summed E-state index contributed by atoms with van der Waals surface area (Å²) in [6.07, 6.45) is 5.21. The largest absolute Gasteiger partial charge is 0.477 e. The quantitative estimate of drug-likeness (QED) is 0.481. The summed E-state index contributed by atoms with van der Waals surface area (Å²) in [7, 11) is 1.74. The first-order valence-electron chi connectivity index (χ1n) is 9.84. The molecule has 0 unspecified atom stereocenters. The van der Waals surface area contributed by atoms with Gasteiger partial charge in [0.05, 0.1) is 6.10 Å². The predicted octanol–water partition coefficient (Wildman–Crippen LogP) is 2.50. The molecule has 0 bridgehead atoms. The number of nitrogens with zero attached hydrogens (tertiary/aromatic N) is 4. The molecule has 3 heterocycles. The van der Waals surface area contributed by atoms with Gasteiger partial charge in [-0.2, -0.15) is 4.98 Å². The molecule has 0 saturated carbocycles. The van der Waals surface area contributed by atoms with Crippen LogP contribution in [0, 0.1) is 5.41 Å². The standard InChI is InChI=1S/C20H27N7O3/c1-12(2)24-15-10-17(23-11-14(15)18(21)19(28)29)25-16-4-7-22-20(26-16)27-8-5-13(30-3)6-9-27/h4,7,10-13,21H,5-6,8-9H2,1-3H3,(H,28,29)(H2,22,23,24,25,26). The van der Waals surface area contributed by atoms with Gasteiger partial charge in [-0.1, -0.05) is 0 Å². The van der Waals surface area contributed by atoms with Gasteiger partial charge in [0.1, 0.15) is 11.6 Å². The van der Waals surface area contributed by atoms with Gasteiger partial charge in [-0.15, -0.1) is 0 Å². The number of carbonyl (C=O) groups is 1. The molecule has 0 amide bonds. The van der Waals surface area contributed by atoms with Crippen molar-refractivity contribution in [3.63, 3.8) is 0 Å². The molecule has 160 valence electrons. The van der Waals surface area contributed by atoms with Gasteiger partial charge in [-0.05, 0) is 32.8 Å². The summed E-state index contributed by atoms with van der Waals surface area (Å²) in [5.74, 6) is 0.405. The average Bonchev–Trinajstić information content (AvgIpc) is 2.73. The second-order valence-corrected chi connectivity index (χ2v) is 7.38. The highest BCUT2D eigenvalue weighted by Gasteiger charge is 2.21. The number of piperidine rings is 1. The van der Waals surface area contributed by atoms with Gasteiger partial charge in [0, 0.05) is 56.0 Å². The second kappa shape index (κ2) is 9.49. The van der Waals surface area contributed by atoms with Crippen molar-refractivity contribution in [3.8, 4) is 0 Å². The molecule has 3 rings (SSSR count). The van der Waals surface area contributed by atoms with E-state index < -0.39 is 11.7 Å². The van der Waals surface area contributed by atoms with Gasteiger partial charge in [0.15, 0.2) is 5.71 Å². The molecule has 1 aliphatic heterocycles. The van der Waals surface area contributed by atoms with Crippen LogP contribution in [-0.4, -0.2) is 64.1 Å². The van der Waals surface area contributed by atoms with Crippen molar-refractivity contribution in [1.29, 1.82) is 5.41 Å². The molecular formula is C20H27N7O3. The monoisotopic (exact) mass is 413 g/mol. The van der Waals surface area contributed by atoms with E-state index in [0.29, 0.717) is 23.3 Å². The molecule has 0 radical (unpaired) electrons. The summed E-state index contributed by atoms with van der Waals surface area (Å²) in [6, 6.07) is 3.48. The van der Waals surface area contributed by atoms with Crippen LogP contribution >= 0.6 is 0 Å². The van der Waals surface area contributed by atoms with Crippen LogP contribution in [0.1, 0.15) is 32.3 Å². The predicted molar refractivity (Wildman–Crippen MR) is 115 cm³/mol. The van der Waals surface area contributed by atoms with Crippen LogP contribution < -0.4 is 15.5 Å². The fourth-order valence-corrected chi connectivity index (χ4v) is 3.26. The van der Waals surface area contributed by atoms with Crippen molar-refractivity contribution in [2.45, 2.75) is 38.8 Å². The van der Waals surface area contributed by atoms with Crippen LogP contribution in [0.2, 0.25) is 0 Å². The lowest BCUT2D eigenvalue weighted by atomic mass is 10.1. The Bertz CT molecular complexity index is 911. The van der Waals surface area contributed by atoms with Crippen molar-refractivity contribution < 1.29 is 14.6 Å². The van der Waals surface area contributed by atoms with Crippen LogP contribution in [0.5, 0.6) is 0 Å². The maximum absolute atomic E-state index is 11.2. The highest BCUT2D eigenvalue weighted by molar-refractivity contribution is 6.42. The molecule has 4 N–H and O–H groups in total. The minimum absolute atomic E-state index is 0.0567. The molecule has 1 fully saturated rings. The van der Waals surface area contributed by atoms with E-state index in [0.717, 1.165) is 25.9 Å². The van der Waals surface area contributed by atoms with E-state index in [9.17, 15) is 4.79 Å². The lowest BCUT2D eigenvalue weighted by Crippen LogP contribution is -2.37. The number of anilines is 4. The lowest BCUT2D eigenvalue weighted by molar-refractivity contribution is -0.129. The fraction of sp³-hybridized carbons (Fsp3) is 0.450. The minimum Gasteiger partial charge on any atom is -0.477 e. The van der Waals surface area contributed by atoms with E-state index in [4.69, 9.17) is 15.3 Å². The van der Waals surface area contributed by atoms with E-state index in [1.807, 2.05) is 13.8 Å². The van der Waals surface area contributed by atoms with E-state index in [-0.39, 0.29) is 17.7 Å². The normalized spacial score (nSPS) is 14.6. The molecule has 10 heteroatoms. The van der Waals surface area contributed by atoms with E-state index in [1.165, 1.54) is 6.20 Å². The number of nitrogens with one attached hydrogen (secondary N) is 3. The second-order valence-electron chi connectivity index (χ2n) is 7.38. The first-order chi connectivity index (χ1) is 14.4. The summed E-state index contributed by atoms with van der Waals surface area (Å²) in [4.78, 5) is 26.6. The Morgan fingerprint density at radius 2 is 2.03 bits per heavy atom. The summed E-state index contributed by atoms with van der Waals surface area (Å²) in [6.45, 7) is 5.53. The van der Waals surface area contributed by atoms with Crippen LogP contribution in [0.4, 0.5) is 23.3 Å². The Hall–Kier alpha value is -3.27. The average molecular weight is 413 g/mol. The molecule has 30 heavy (non-hydrogen) atoms. The van der Waals surface area contributed by atoms with Gasteiger partial charge >= 0.3 is 5.97 Å². The van der Waals surface area contributed by atoms with Gasteiger partial charge < -0.3 is 25.4 Å². The van der Waals surface area contributed by atoms with Crippen molar-refractivity contribution in [1.82, 2.24) is 15.0 Å². The molecule has 0 aliphatic carbocycles. The maximum atomic E-state index is 11.2. The number of carboxylic acids is 1. The number of rotatable bonds is 8. The number of aliphatic carboxylic acids is 1. The molecule has 2 aromatic rings. The number of aromatic nitrogens is 3. The van der Waals surface area contributed by atoms with Crippen LogP contribution in [-0.2, 0) is 9.53 Å². The Labute approximate surface area is 175 Å². The zero-order valence-corrected chi connectivity index (χ0v) is 17.3. The van der Waals surface area contributed by atoms with Crippen LogP contribution in [0.25, 0.3) is 0 Å².